The van der Waals surface area contributed by atoms with Gasteiger partial charge in [-0.15, -0.1) is 0 Å². The number of Topliss-reactive ketones (excluding diaryl/α,β-unsaturated/α-hetero) is 1. The number of hydrogen-bond acceptors (Lipinski definition) is 7. The Bertz CT molecular complexity index is 1110. The molecule has 0 aliphatic rings. The van der Waals surface area contributed by atoms with Gasteiger partial charge in [0.15, 0.2) is 6.61 Å². The van der Waals surface area contributed by atoms with E-state index in [1.165, 1.54) is 19.2 Å². The van der Waals surface area contributed by atoms with Gasteiger partial charge < -0.3 is 15.8 Å². The number of amides is 1. The van der Waals surface area contributed by atoms with E-state index in [4.69, 9.17) is 10.5 Å². The Hall–Kier alpha value is -3.76. The predicted molar refractivity (Wildman–Crippen MR) is 105 cm³/mol. The molecule has 10 nitrogen and oxygen atoms in total. The molecule has 0 bridgehead atoms. The summed E-state index contributed by atoms with van der Waals surface area (Å²) in [6.45, 7) is 0.604. The normalized spacial score (nSPS) is 10.5. The lowest BCUT2D eigenvalue weighted by Crippen LogP contribution is -2.43. The largest absolute Gasteiger partial charge is 0.456 e. The molecule has 30 heavy (non-hydrogen) atoms. The van der Waals surface area contributed by atoms with Crippen molar-refractivity contribution in [1.82, 2.24) is 14.5 Å². The van der Waals surface area contributed by atoms with E-state index >= 15 is 0 Å². The van der Waals surface area contributed by atoms with E-state index < -0.39 is 53.4 Å². The van der Waals surface area contributed by atoms with Crippen LogP contribution in [-0.4, -0.2) is 39.9 Å². The Morgan fingerprint density at radius 2 is 1.93 bits per heavy atom. The quantitative estimate of drug-likeness (QED) is 0.446. The van der Waals surface area contributed by atoms with Gasteiger partial charge in [0, 0.05) is 19.2 Å². The molecule has 0 unspecified atom stereocenters. The van der Waals surface area contributed by atoms with Crippen molar-refractivity contribution in [3.05, 3.63) is 62.0 Å². The summed E-state index contributed by atoms with van der Waals surface area (Å²) < 4.78 is 19.7. The van der Waals surface area contributed by atoms with Gasteiger partial charge in [-0.2, -0.15) is 0 Å². The molecule has 11 heteroatoms. The van der Waals surface area contributed by atoms with Gasteiger partial charge in [-0.25, -0.2) is 9.18 Å². The van der Waals surface area contributed by atoms with Gasteiger partial charge >= 0.3 is 11.7 Å². The van der Waals surface area contributed by atoms with Crippen molar-refractivity contribution in [2.24, 2.45) is 7.05 Å². The molecule has 1 aromatic heterocycles. The van der Waals surface area contributed by atoms with Crippen LogP contribution >= 0.6 is 0 Å². The number of ketones is 1. The van der Waals surface area contributed by atoms with Crippen molar-refractivity contribution in [3.8, 4) is 0 Å². The lowest BCUT2D eigenvalue weighted by Gasteiger charge is -2.14. The Morgan fingerprint density at radius 3 is 2.57 bits per heavy atom. The minimum absolute atomic E-state index is 0.00771. The molecule has 0 saturated heterocycles. The van der Waals surface area contributed by atoms with Gasteiger partial charge in [0.25, 0.3) is 11.5 Å². The zero-order chi connectivity index (χ0) is 22.4. The molecule has 1 aromatic carbocycles. The van der Waals surface area contributed by atoms with E-state index in [-0.39, 0.29) is 17.9 Å². The molecule has 160 valence electrons. The van der Waals surface area contributed by atoms with Crippen LogP contribution in [0, 0.1) is 5.82 Å². The molecule has 0 atom stereocenters. The highest BCUT2D eigenvalue weighted by Gasteiger charge is 2.22. The summed E-state index contributed by atoms with van der Waals surface area (Å²) in [5.41, 5.74) is 3.82. The maximum absolute atomic E-state index is 13.1. The summed E-state index contributed by atoms with van der Waals surface area (Å²) in [5.74, 6) is -3.46. The summed E-state index contributed by atoms with van der Waals surface area (Å²) in [7, 11) is 1.21. The van der Waals surface area contributed by atoms with Crippen molar-refractivity contribution in [3.63, 3.8) is 0 Å². The molecular formula is C19H21FN4O6. The molecule has 0 aliphatic carbocycles. The Labute approximate surface area is 170 Å². The highest BCUT2D eigenvalue weighted by Crippen LogP contribution is 2.07. The molecule has 0 radical (unpaired) electrons. The number of nitrogens with zero attached hydrogens (tertiary/aromatic N) is 2. The van der Waals surface area contributed by atoms with Gasteiger partial charge in [-0.05, 0) is 24.6 Å². The number of carbonyl (C=O) groups is 3. The van der Waals surface area contributed by atoms with Crippen LogP contribution in [0.2, 0.25) is 0 Å². The predicted octanol–water partition coefficient (Wildman–Crippen LogP) is -0.166. The molecule has 0 fully saturated rings. The number of nitrogen functional groups attached to an aromatic ring is 1. The van der Waals surface area contributed by atoms with Crippen LogP contribution in [0.4, 0.5) is 10.2 Å². The first-order valence-corrected chi connectivity index (χ1v) is 8.99. The molecule has 2 aromatic rings. The number of nitrogens with two attached hydrogens (primary N) is 1. The van der Waals surface area contributed by atoms with Crippen LogP contribution in [0.25, 0.3) is 0 Å². The highest BCUT2D eigenvalue weighted by atomic mass is 19.1. The second-order valence-electron chi connectivity index (χ2n) is 6.34. The molecule has 0 saturated carbocycles. The summed E-state index contributed by atoms with van der Waals surface area (Å²) in [5, 5.41) is 2.23. The number of esters is 1. The zero-order valence-electron chi connectivity index (χ0n) is 16.4. The number of halogens is 1. The standard InChI is InChI=1S/C19H21FN4O6/c1-3-7-24-16(21)15(18(28)23(2)19(24)29)13(25)10-30-14(26)9-22-17(27)11-5-4-6-12(20)8-11/h4-6,8H,3,7,9-10,21H2,1-2H3,(H,22,27). The van der Waals surface area contributed by atoms with Crippen LogP contribution in [0.5, 0.6) is 0 Å². The van der Waals surface area contributed by atoms with Crippen LogP contribution in [-0.2, 0) is 23.1 Å². The van der Waals surface area contributed by atoms with Gasteiger partial charge in [-0.1, -0.05) is 13.0 Å². The van der Waals surface area contributed by atoms with Crippen molar-refractivity contribution >= 4 is 23.5 Å². The number of benzene rings is 1. The lowest BCUT2D eigenvalue weighted by molar-refractivity contribution is -0.141. The van der Waals surface area contributed by atoms with Gasteiger partial charge in [0.1, 0.15) is 23.7 Å². The fraction of sp³-hybridized carbons (Fsp3) is 0.316. The monoisotopic (exact) mass is 420 g/mol. The summed E-state index contributed by atoms with van der Waals surface area (Å²) in [6.07, 6.45) is 0.538. The number of carbonyl (C=O) groups excluding carboxylic acids is 3. The fourth-order valence-corrected chi connectivity index (χ4v) is 2.64. The average molecular weight is 420 g/mol. The van der Waals surface area contributed by atoms with Crippen molar-refractivity contribution in [1.29, 1.82) is 0 Å². The fourth-order valence-electron chi connectivity index (χ4n) is 2.64. The Morgan fingerprint density at radius 1 is 1.23 bits per heavy atom. The number of ether oxygens (including phenoxy) is 1. The number of nitrogens with one attached hydrogen (secondary N) is 1. The second kappa shape index (κ2) is 9.63. The number of aromatic nitrogens is 2. The van der Waals surface area contributed by atoms with Crippen LogP contribution in [0.1, 0.15) is 34.1 Å². The average Bonchev–Trinajstić information content (AvgIpc) is 2.72. The SMILES string of the molecule is CCCn1c(N)c(C(=O)COC(=O)CNC(=O)c2cccc(F)c2)c(=O)n(C)c1=O. The van der Waals surface area contributed by atoms with Crippen molar-refractivity contribution in [2.45, 2.75) is 19.9 Å². The minimum atomic E-state index is -0.953. The lowest BCUT2D eigenvalue weighted by atomic mass is 10.2. The second-order valence-corrected chi connectivity index (χ2v) is 6.34. The van der Waals surface area contributed by atoms with Gasteiger partial charge in [0.05, 0.1) is 0 Å². The molecule has 0 spiro atoms. The molecule has 3 N–H and O–H groups in total. The van der Waals surface area contributed by atoms with E-state index in [1.54, 1.807) is 6.92 Å². The molecule has 1 heterocycles. The van der Waals surface area contributed by atoms with Crippen LogP contribution < -0.4 is 22.3 Å². The number of hydrogen-bond donors (Lipinski definition) is 2. The topological polar surface area (TPSA) is 142 Å². The van der Waals surface area contributed by atoms with Gasteiger partial charge in [-0.3, -0.25) is 28.3 Å². The first kappa shape index (κ1) is 22.5. The first-order valence-electron chi connectivity index (χ1n) is 8.99. The van der Waals surface area contributed by atoms with E-state index in [0.29, 0.717) is 6.42 Å². The minimum Gasteiger partial charge on any atom is -0.456 e. The molecule has 1 amide bonds. The maximum atomic E-state index is 13.1. The first-order chi connectivity index (χ1) is 14.2. The van der Waals surface area contributed by atoms with E-state index in [1.807, 2.05) is 0 Å². The van der Waals surface area contributed by atoms with E-state index in [0.717, 1.165) is 21.3 Å². The number of rotatable bonds is 8. The van der Waals surface area contributed by atoms with E-state index in [9.17, 15) is 28.4 Å². The summed E-state index contributed by atoms with van der Waals surface area (Å²) in [6, 6.07) is 4.85. The smallest absolute Gasteiger partial charge is 0.332 e. The van der Waals surface area contributed by atoms with Crippen molar-refractivity contribution in [2.75, 3.05) is 18.9 Å². The molecule has 0 aliphatic heterocycles. The summed E-state index contributed by atoms with van der Waals surface area (Å²) in [4.78, 5) is 60.5. The Kier molecular flexibility index (Phi) is 7.23. The van der Waals surface area contributed by atoms with Crippen molar-refractivity contribution < 1.29 is 23.5 Å². The number of anilines is 1. The zero-order valence-corrected chi connectivity index (χ0v) is 16.4. The highest BCUT2D eigenvalue weighted by molar-refractivity contribution is 6.01. The van der Waals surface area contributed by atoms with Gasteiger partial charge in [0.2, 0.25) is 5.78 Å². The van der Waals surface area contributed by atoms with E-state index in [2.05, 4.69) is 5.32 Å². The van der Waals surface area contributed by atoms with Crippen LogP contribution in [0.3, 0.4) is 0 Å². The third kappa shape index (κ3) is 4.99. The molecule has 2 rings (SSSR count). The van der Waals surface area contributed by atoms with Crippen LogP contribution in [0.15, 0.2) is 33.9 Å². The maximum Gasteiger partial charge on any atom is 0.332 e. The third-order valence-electron chi connectivity index (χ3n) is 4.15. The molecular weight excluding hydrogens is 399 g/mol. The summed E-state index contributed by atoms with van der Waals surface area (Å²) >= 11 is 0. The Balaban J connectivity index is 2.03. The third-order valence-corrected chi connectivity index (χ3v) is 4.15.